The van der Waals surface area contributed by atoms with Gasteiger partial charge in [0.15, 0.2) is 0 Å². The van der Waals surface area contributed by atoms with Crippen LogP contribution in [0.25, 0.3) is 6.08 Å². The topological polar surface area (TPSA) is 104 Å². The van der Waals surface area contributed by atoms with Crippen molar-refractivity contribution in [1.29, 1.82) is 0 Å². The molecule has 10 heteroatoms. The van der Waals surface area contributed by atoms with Crippen molar-refractivity contribution in [2.45, 2.75) is 12.5 Å². The number of nitrogens with zero attached hydrogens (tertiary/aromatic N) is 2. The molecule has 1 atom stereocenters. The second-order valence-corrected chi connectivity index (χ2v) is 10.3. The zero-order valence-corrected chi connectivity index (χ0v) is 21.1. The van der Waals surface area contributed by atoms with Gasteiger partial charge in [-0.25, -0.2) is 0 Å². The number of amides is 5. The zero-order chi connectivity index (χ0) is 25.9. The largest absolute Gasteiger partial charge is 0.352 e. The highest BCUT2D eigenvalue weighted by Crippen LogP contribution is 2.32. The maximum atomic E-state index is 13.3. The number of imide groups is 2. The quantitative estimate of drug-likeness (QED) is 0.350. The lowest BCUT2D eigenvalue weighted by Gasteiger charge is -2.26. The molecular formula is C27H21N3O5S2. The number of carbonyl (C=O) groups is 5. The molecule has 8 nitrogen and oxygen atoms in total. The third-order valence-electron chi connectivity index (χ3n) is 6.04. The molecule has 0 saturated carbocycles. The van der Waals surface area contributed by atoms with E-state index in [1.807, 2.05) is 47.8 Å². The van der Waals surface area contributed by atoms with Gasteiger partial charge in [0, 0.05) is 24.4 Å². The highest BCUT2D eigenvalue weighted by molar-refractivity contribution is 8.18. The molecule has 2 aliphatic heterocycles. The van der Waals surface area contributed by atoms with Gasteiger partial charge in [-0.15, -0.1) is 11.3 Å². The standard InChI is InChI=1S/C27H21N3O5S2/c31-23(28-12-13-29-26(34)22(37-27(29)35)16-18-9-6-14-36-18)21(15-17-7-2-1-3-8-17)30-24(32)19-10-4-5-11-20(19)25(30)33/h1-11,14,16,21H,12-13,15H2,(H,28,31)/b22-16+/t21-/m0/s1. The molecule has 5 amide bonds. The van der Waals surface area contributed by atoms with Crippen molar-refractivity contribution in [1.82, 2.24) is 15.1 Å². The van der Waals surface area contributed by atoms with Crippen molar-refractivity contribution in [3.05, 3.63) is 98.6 Å². The van der Waals surface area contributed by atoms with Crippen LogP contribution in [0.3, 0.4) is 0 Å². The van der Waals surface area contributed by atoms with Crippen molar-refractivity contribution in [3.8, 4) is 0 Å². The minimum atomic E-state index is -1.09. The average molecular weight is 532 g/mol. The van der Waals surface area contributed by atoms with Crippen LogP contribution in [0.5, 0.6) is 0 Å². The van der Waals surface area contributed by atoms with E-state index in [4.69, 9.17) is 0 Å². The van der Waals surface area contributed by atoms with E-state index in [-0.39, 0.29) is 30.6 Å². The SMILES string of the molecule is O=C(NCCN1C(=O)S/C(=C/c2cccs2)C1=O)[C@H](Cc1ccccc1)N1C(=O)c2ccccc2C1=O. The number of thioether (sulfide) groups is 1. The average Bonchev–Trinajstić information content (AvgIpc) is 3.58. The molecule has 1 saturated heterocycles. The zero-order valence-electron chi connectivity index (χ0n) is 19.5. The molecule has 5 rings (SSSR count). The first kappa shape index (κ1) is 24.7. The lowest BCUT2D eigenvalue weighted by atomic mass is 10.0. The summed E-state index contributed by atoms with van der Waals surface area (Å²) in [6, 6.07) is 18.2. The van der Waals surface area contributed by atoms with Crippen molar-refractivity contribution in [2.24, 2.45) is 0 Å². The van der Waals surface area contributed by atoms with Gasteiger partial charge in [-0.2, -0.15) is 0 Å². The van der Waals surface area contributed by atoms with Crippen molar-refractivity contribution in [3.63, 3.8) is 0 Å². The predicted molar refractivity (Wildman–Crippen MR) is 141 cm³/mol. The summed E-state index contributed by atoms with van der Waals surface area (Å²) in [5.74, 6) is -2.01. The highest BCUT2D eigenvalue weighted by Gasteiger charge is 2.43. The summed E-state index contributed by atoms with van der Waals surface area (Å²) in [6.07, 6.45) is 1.80. The van der Waals surface area contributed by atoms with Gasteiger partial charge in [0.1, 0.15) is 6.04 Å². The van der Waals surface area contributed by atoms with Crippen LogP contribution in [0.2, 0.25) is 0 Å². The van der Waals surface area contributed by atoms with Crippen LogP contribution in [-0.2, 0) is 16.0 Å². The van der Waals surface area contributed by atoms with Gasteiger partial charge in [0.2, 0.25) is 5.91 Å². The van der Waals surface area contributed by atoms with E-state index in [0.29, 0.717) is 4.91 Å². The fraction of sp³-hybridized carbons (Fsp3) is 0.148. The maximum absolute atomic E-state index is 13.3. The van der Waals surface area contributed by atoms with E-state index in [0.717, 1.165) is 32.0 Å². The van der Waals surface area contributed by atoms with E-state index in [9.17, 15) is 24.0 Å². The summed E-state index contributed by atoms with van der Waals surface area (Å²) in [6.45, 7) is -0.0457. The fourth-order valence-corrected chi connectivity index (χ4v) is 5.82. The van der Waals surface area contributed by atoms with Gasteiger partial charge >= 0.3 is 0 Å². The molecule has 2 aromatic carbocycles. The molecule has 3 aromatic rings. The molecule has 3 heterocycles. The number of hydrogen-bond donors (Lipinski definition) is 1. The molecule has 186 valence electrons. The van der Waals surface area contributed by atoms with Gasteiger partial charge in [-0.3, -0.25) is 33.8 Å². The summed E-state index contributed by atoms with van der Waals surface area (Å²) >= 11 is 2.32. The lowest BCUT2D eigenvalue weighted by Crippen LogP contribution is -2.51. The van der Waals surface area contributed by atoms with E-state index in [1.54, 1.807) is 30.3 Å². The number of carbonyl (C=O) groups excluding carboxylic acids is 5. The fourth-order valence-electron chi connectivity index (χ4n) is 4.23. The molecule has 2 aliphatic rings. The summed E-state index contributed by atoms with van der Waals surface area (Å²) in [5, 5.41) is 4.19. The summed E-state index contributed by atoms with van der Waals surface area (Å²) < 4.78 is 0. The minimum Gasteiger partial charge on any atom is -0.352 e. The first-order valence-corrected chi connectivity index (χ1v) is 13.2. The number of hydrogen-bond acceptors (Lipinski definition) is 7. The smallest absolute Gasteiger partial charge is 0.293 e. The maximum Gasteiger partial charge on any atom is 0.293 e. The van der Waals surface area contributed by atoms with Crippen molar-refractivity contribution >= 4 is 58.0 Å². The Morgan fingerprint density at radius 1 is 0.865 bits per heavy atom. The Hall–Kier alpha value is -4.02. The first-order chi connectivity index (χ1) is 17.9. The van der Waals surface area contributed by atoms with Crippen LogP contribution < -0.4 is 5.32 Å². The van der Waals surface area contributed by atoms with Crippen LogP contribution >= 0.6 is 23.1 Å². The van der Waals surface area contributed by atoms with Crippen molar-refractivity contribution in [2.75, 3.05) is 13.1 Å². The van der Waals surface area contributed by atoms with Gasteiger partial charge in [0.05, 0.1) is 16.0 Å². The summed E-state index contributed by atoms with van der Waals surface area (Å²) in [5.41, 5.74) is 1.30. The third kappa shape index (κ3) is 4.98. The summed E-state index contributed by atoms with van der Waals surface area (Å²) in [7, 11) is 0. The van der Waals surface area contributed by atoms with Crippen LogP contribution in [0, 0.1) is 0 Å². The lowest BCUT2D eigenvalue weighted by molar-refractivity contribution is -0.126. The Labute approximate surface area is 220 Å². The molecule has 0 spiro atoms. The summed E-state index contributed by atoms with van der Waals surface area (Å²) in [4.78, 5) is 67.9. The Morgan fingerprint density at radius 3 is 2.19 bits per heavy atom. The molecule has 0 aliphatic carbocycles. The van der Waals surface area contributed by atoms with Gasteiger partial charge in [0.25, 0.3) is 23.0 Å². The monoisotopic (exact) mass is 531 g/mol. The van der Waals surface area contributed by atoms with E-state index in [1.165, 1.54) is 11.3 Å². The Kier molecular flexibility index (Phi) is 7.02. The van der Waals surface area contributed by atoms with Crippen molar-refractivity contribution < 1.29 is 24.0 Å². The predicted octanol–water partition coefficient (Wildman–Crippen LogP) is 3.81. The number of thiophene rings is 1. The second-order valence-electron chi connectivity index (χ2n) is 8.37. The molecule has 1 aromatic heterocycles. The van der Waals surface area contributed by atoms with E-state index in [2.05, 4.69) is 5.32 Å². The molecule has 0 radical (unpaired) electrons. The number of benzene rings is 2. The number of rotatable bonds is 8. The molecule has 0 bridgehead atoms. The number of nitrogens with one attached hydrogen (secondary N) is 1. The van der Waals surface area contributed by atoms with E-state index >= 15 is 0 Å². The highest BCUT2D eigenvalue weighted by atomic mass is 32.2. The van der Waals surface area contributed by atoms with Gasteiger partial charge in [-0.1, -0.05) is 48.5 Å². The molecule has 1 N–H and O–H groups in total. The Morgan fingerprint density at radius 2 is 1.54 bits per heavy atom. The Balaban J connectivity index is 1.29. The molecule has 1 fully saturated rings. The normalized spacial score (nSPS) is 17.0. The van der Waals surface area contributed by atoms with Crippen LogP contribution in [0.4, 0.5) is 4.79 Å². The van der Waals surface area contributed by atoms with Gasteiger partial charge in [-0.05, 0) is 47.0 Å². The first-order valence-electron chi connectivity index (χ1n) is 11.5. The Bertz CT molecular complexity index is 1380. The van der Waals surface area contributed by atoms with Crippen LogP contribution in [0.1, 0.15) is 31.2 Å². The molecule has 0 unspecified atom stereocenters. The molecule has 37 heavy (non-hydrogen) atoms. The van der Waals surface area contributed by atoms with E-state index < -0.39 is 34.9 Å². The van der Waals surface area contributed by atoms with Crippen LogP contribution in [-0.4, -0.2) is 57.8 Å². The third-order valence-corrected chi connectivity index (χ3v) is 7.76. The minimum absolute atomic E-state index is 0.0163. The number of fused-ring (bicyclic) bond motifs is 1. The second kappa shape index (κ2) is 10.5. The van der Waals surface area contributed by atoms with Crippen LogP contribution in [0.15, 0.2) is 77.0 Å². The van der Waals surface area contributed by atoms with Gasteiger partial charge < -0.3 is 5.32 Å². The molecular weight excluding hydrogens is 510 g/mol.